The molecular formula is C23H32N4O2. The van der Waals surface area contributed by atoms with E-state index >= 15 is 0 Å². The Bertz CT molecular complexity index is 837. The number of rotatable bonds is 7. The number of hydrogen-bond acceptors (Lipinski definition) is 4. The van der Waals surface area contributed by atoms with Crippen LogP contribution in [0.5, 0.6) is 11.5 Å². The summed E-state index contributed by atoms with van der Waals surface area (Å²) in [7, 11) is 3.25. The van der Waals surface area contributed by atoms with E-state index in [9.17, 15) is 0 Å². The summed E-state index contributed by atoms with van der Waals surface area (Å²) in [5.74, 6) is 1.75. The molecule has 1 aliphatic rings. The first-order valence-corrected chi connectivity index (χ1v) is 10.2. The van der Waals surface area contributed by atoms with Crippen molar-refractivity contribution in [2.75, 3.05) is 26.1 Å². The van der Waals surface area contributed by atoms with E-state index in [1.165, 1.54) is 30.4 Å². The molecule has 156 valence electrons. The number of benzene rings is 2. The molecule has 0 saturated carbocycles. The number of nitrogens with two attached hydrogens (primary N) is 1. The molecule has 2 aromatic rings. The number of aliphatic imine (C=N–C) groups is 1. The molecule has 0 bridgehead atoms. The van der Waals surface area contributed by atoms with E-state index in [2.05, 4.69) is 46.4 Å². The maximum Gasteiger partial charge on any atom is 0.193 e. The largest absolute Gasteiger partial charge is 0.497 e. The molecule has 0 radical (unpaired) electrons. The van der Waals surface area contributed by atoms with Crippen LogP contribution in [0.4, 0.5) is 5.69 Å². The van der Waals surface area contributed by atoms with Gasteiger partial charge in [0, 0.05) is 18.7 Å². The fourth-order valence-electron chi connectivity index (χ4n) is 3.74. The highest BCUT2D eigenvalue weighted by Crippen LogP contribution is 2.28. The number of anilines is 1. The van der Waals surface area contributed by atoms with Gasteiger partial charge in [-0.05, 0) is 49.6 Å². The number of nitrogens with one attached hydrogen (secondary N) is 1. The van der Waals surface area contributed by atoms with Crippen molar-refractivity contribution in [3.05, 3.63) is 53.6 Å². The van der Waals surface area contributed by atoms with E-state index in [0.717, 1.165) is 24.5 Å². The lowest BCUT2D eigenvalue weighted by molar-refractivity contribution is 0.152. The fraction of sp³-hybridized carbons (Fsp3) is 0.435. The van der Waals surface area contributed by atoms with Crippen LogP contribution >= 0.6 is 0 Å². The van der Waals surface area contributed by atoms with Gasteiger partial charge < -0.3 is 20.5 Å². The minimum Gasteiger partial charge on any atom is -0.497 e. The second-order valence-corrected chi connectivity index (χ2v) is 7.48. The molecule has 1 aliphatic heterocycles. The van der Waals surface area contributed by atoms with Crippen LogP contribution in [0, 0.1) is 0 Å². The Morgan fingerprint density at radius 3 is 2.66 bits per heavy atom. The number of guanidine groups is 1. The van der Waals surface area contributed by atoms with Crippen LogP contribution in [0.3, 0.4) is 0 Å². The van der Waals surface area contributed by atoms with E-state index in [-0.39, 0.29) is 0 Å². The molecule has 0 spiro atoms. The number of hydrogen-bond donors (Lipinski definition) is 2. The monoisotopic (exact) mass is 396 g/mol. The van der Waals surface area contributed by atoms with Crippen molar-refractivity contribution >= 4 is 11.6 Å². The summed E-state index contributed by atoms with van der Waals surface area (Å²) in [6, 6.07) is 14.6. The highest BCUT2D eigenvalue weighted by molar-refractivity contribution is 5.94. The first-order valence-electron chi connectivity index (χ1n) is 10.2. The maximum absolute atomic E-state index is 6.16. The lowest BCUT2D eigenvalue weighted by Crippen LogP contribution is -2.37. The average Bonchev–Trinajstić information content (AvgIpc) is 2.74. The van der Waals surface area contributed by atoms with Crippen LogP contribution in [-0.4, -0.2) is 37.7 Å². The van der Waals surface area contributed by atoms with Crippen molar-refractivity contribution in [2.45, 2.75) is 45.3 Å². The molecule has 1 atom stereocenters. The lowest BCUT2D eigenvalue weighted by atomic mass is 10.0. The minimum atomic E-state index is 0.345. The van der Waals surface area contributed by atoms with Crippen LogP contribution in [-0.2, 0) is 13.1 Å². The SMILES string of the molecule is COc1ccc(OC)c(NC(N)=NCc2ccccc2CN2CCCCC2C)c1. The molecular weight excluding hydrogens is 364 g/mol. The minimum absolute atomic E-state index is 0.345. The van der Waals surface area contributed by atoms with E-state index in [1.54, 1.807) is 14.2 Å². The van der Waals surface area contributed by atoms with Crippen LogP contribution in [0.1, 0.15) is 37.3 Å². The van der Waals surface area contributed by atoms with E-state index in [4.69, 9.17) is 15.2 Å². The summed E-state index contributed by atoms with van der Waals surface area (Å²) in [6.07, 6.45) is 3.89. The van der Waals surface area contributed by atoms with E-state index in [1.807, 2.05) is 18.2 Å². The Morgan fingerprint density at radius 1 is 1.14 bits per heavy atom. The predicted molar refractivity (Wildman–Crippen MR) is 119 cm³/mol. The molecule has 2 aromatic carbocycles. The fourth-order valence-corrected chi connectivity index (χ4v) is 3.74. The Balaban J connectivity index is 1.70. The number of ether oxygens (including phenoxy) is 2. The molecule has 6 heteroatoms. The zero-order chi connectivity index (χ0) is 20.6. The molecule has 3 rings (SSSR count). The van der Waals surface area contributed by atoms with Crippen molar-refractivity contribution in [2.24, 2.45) is 10.7 Å². The topological polar surface area (TPSA) is 72.1 Å². The number of piperidine rings is 1. The number of methoxy groups -OCH3 is 2. The van der Waals surface area contributed by atoms with Crippen LogP contribution in [0.2, 0.25) is 0 Å². The summed E-state index contributed by atoms with van der Waals surface area (Å²) < 4.78 is 10.7. The molecule has 1 heterocycles. The quantitative estimate of drug-likeness (QED) is 0.547. The van der Waals surface area contributed by atoms with Gasteiger partial charge in [-0.2, -0.15) is 0 Å². The highest BCUT2D eigenvalue weighted by atomic mass is 16.5. The summed E-state index contributed by atoms with van der Waals surface area (Å²) in [5, 5.41) is 3.13. The van der Waals surface area contributed by atoms with Crippen LogP contribution in [0.25, 0.3) is 0 Å². The summed E-state index contributed by atoms with van der Waals surface area (Å²) in [5.41, 5.74) is 9.40. The van der Waals surface area contributed by atoms with Gasteiger partial charge in [-0.15, -0.1) is 0 Å². The first kappa shape index (κ1) is 21.0. The maximum atomic E-state index is 6.16. The standard InChI is InChI=1S/C23H32N4O2/c1-17-8-6-7-13-27(17)16-19-10-5-4-9-18(19)15-25-23(24)26-21-14-20(28-2)11-12-22(21)29-3/h4-5,9-12,14,17H,6-8,13,15-16H2,1-3H3,(H3,24,25,26). The van der Waals surface area contributed by atoms with Crippen molar-refractivity contribution in [3.8, 4) is 11.5 Å². The van der Waals surface area contributed by atoms with Crippen molar-refractivity contribution in [1.82, 2.24) is 4.90 Å². The molecule has 29 heavy (non-hydrogen) atoms. The third-order valence-corrected chi connectivity index (χ3v) is 5.52. The lowest BCUT2D eigenvalue weighted by Gasteiger charge is -2.33. The van der Waals surface area contributed by atoms with E-state index in [0.29, 0.717) is 24.3 Å². The van der Waals surface area contributed by atoms with Gasteiger partial charge in [0.05, 0.1) is 26.5 Å². The molecule has 1 fully saturated rings. The average molecular weight is 397 g/mol. The van der Waals surface area contributed by atoms with E-state index < -0.39 is 0 Å². The predicted octanol–water partition coefficient (Wildman–Crippen LogP) is 4.01. The number of likely N-dealkylation sites (tertiary alicyclic amines) is 1. The smallest absolute Gasteiger partial charge is 0.193 e. The number of nitrogens with zero attached hydrogens (tertiary/aromatic N) is 2. The first-order chi connectivity index (χ1) is 14.1. The van der Waals surface area contributed by atoms with Gasteiger partial charge in [-0.1, -0.05) is 30.7 Å². The molecule has 1 saturated heterocycles. The Hall–Kier alpha value is -2.73. The van der Waals surface area contributed by atoms with Gasteiger partial charge in [-0.25, -0.2) is 4.99 Å². The van der Waals surface area contributed by atoms with Gasteiger partial charge in [-0.3, -0.25) is 4.90 Å². The molecule has 6 nitrogen and oxygen atoms in total. The second-order valence-electron chi connectivity index (χ2n) is 7.48. The van der Waals surface area contributed by atoms with Gasteiger partial charge >= 0.3 is 0 Å². The Labute approximate surface area is 173 Å². The van der Waals surface area contributed by atoms with Crippen LogP contribution < -0.4 is 20.5 Å². The summed E-state index contributed by atoms with van der Waals surface area (Å²) in [6.45, 7) is 4.98. The van der Waals surface area contributed by atoms with Gasteiger partial charge in [0.2, 0.25) is 0 Å². The zero-order valence-electron chi connectivity index (χ0n) is 17.6. The highest BCUT2D eigenvalue weighted by Gasteiger charge is 2.19. The van der Waals surface area contributed by atoms with Crippen molar-refractivity contribution in [3.63, 3.8) is 0 Å². The molecule has 0 aliphatic carbocycles. The van der Waals surface area contributed by atoms with Crippen LogP contribution in [0.15, 0.2) is 47.5 Å². The summed E-state index contributed by atoms with van der Waals surface area (Å²) in [4.78, 5) is 7.13. The molecule has 0 amide bonds. The Morgan fingerprint density at radius 2 is 1.93 bits per heavy atom. The van der Waals surface area contributed by atoms with Gasteiger partial charge in [0.15, 0.2) is 5.96 Å². The van der Waals surface area contributed by atoms with Crippen molar-refractivity contribution in [1.29, 1.82) is 0 Å². The second kappa shape index (κ2) is 10.2. The van der Waals surface area contributed by atoms with Crippen molar-refractivity contribution < 1.29 is 9.47 Å². The Kier molecular flexibility index (Phi) is 7.36. The molecule has 1 unspecified atom stereocenters. The molecule has 3 N–H and O–H groups in total. The third kappa shape index (κ3) is 5.64. The zero-order valence-corrected chi connectivity index (χ0v) is 17.6. The third-order valence-electron chi connectivity index (χ3n) is 5.52. The summed E-state index contributed by atoms with van der Waals surface area (Å²) >= 11 is 0. The normalized spacial score (nSPS) is 17.8. The van der Waals surface area contributed by atoms with Gasteiger partial charge in [0.1, 0.15) is 11.5 Å². The molecule has 0 aromatic heterocycles. The van der Waals surface area contributed by atoms with Gasteiger partial charge in [0.25, 0.3) is 0 Å².